The zero-order valence-electron chi connectivity index (χ0n) is 9.50. The largest absolute Gasteiger partial charge is 0.495 e. The Morgan fingerprint density at radius 1 is 1.59 bits per heavy atom. The Balaban J connectivity index is 2.87. The maximum Gasteiger partial charge on any atom is 0.320 e. The maximum absolute atomic E-state index is 11.4. The van der Waals surface area contributed by atoms with Crippen LogP contribution in [-0.4, -0.2) is 19.7 Å². The van der Waals surface area contributed by atoms with E-state index in [4.69, 9.17) is 21.6 Å². The van der Waals surface area contributed by atoms with Crippen LogP contribution in [0.2, 0.25) is 5.02 Å². The molecule has 0 aliphatic rings. The number of nitrogens with one attached hydrogen (secondary N) is 2. The molecule has 17 heavy (non-hydrogen) atoms. The second-order valence-corrected chi connectivity index (χ2v) is 3.67. The molecule has 0 saturated heterocycles. The summed E-state index contributed by atoms with van der Waals surface area (Å²) in [6.07, 6.45) is 0. The molecule has 90 valence electrons. The summed E-state index contributed by atoms with van der Waals surface area (Å²) >= 11 is 5.93. The molecular weight excluding hydrogens is 242 g/mol. The number of halogens is 1. The Morgan fingerprint density at radius 3 is 2.88 bits per heavy atom. The molecule has 1 aromatic carbocycles. The van der Waals surface area contributed by atoms with Gasteiger partial charge in [-0.3, -0.25) is 0 Å². The summed E-state index contributed by atoms with van der Waals surface area (Å²) in [6, 6.07) is 4.67. The number of rotatable bonds is 3. The second kappa shape index (κ2) is 5.97. The van der Waals surface area contributed by atoms with Gasteiger partial charge in [0.1, 0.15) is 12.3 Å². The van der Waals surface area contributed by atoms with Gasteiger partial charge in [0.2, 0.25) is 0 Å². The van der Waals surface area contributed by atoms with Gasteiger partial charge in [-0.15, -0.1) is 0 Å². The number of benzene rings is 1. The number of nitrogens with zero attached hydrogens (tertiary/aromatic N) is 1. The van der Waals surface area contributed by atoms with E-state index in [1.54, 1.807) is 12.1 Å². The number of urea groups is 1. The molecule has 0 aliphatic heterocycles. The van der Waals surface area contributed by atoms with E-state index in [2.05, 4.69) is 10.6 Å². The predicted octanol–water partition coefficient (Wildman–Crippen LogP) is 2.30. The highest BCUT2D eigenvalue weighted by Crippen LogP contribution is 2.30. The minimum absolute atomic E-state index is 0.0548. The van der Waals surface area contributed by atoms with Crippen molar-refractivity contribution in [3.05, 3.63) is 22.7 Å². The van der Waals surface area contributed by atoms with Crippen LogP contribution in [0.15, 0.2) is 12.1 Å². The van der Waals surface area contributed by atoms with Crippen LogP contribution in [0.5, 0.6) is 5.75 Å². The molecule has 0 aromatic heterocycles. The van der Waals surface area contributed by atoms with Crippen molar-refractivity contribution < 1.29 is 9.53 Å². The van der Waals surface area contributed by atoms with Crippen LogP contribution in [-0.2, 0) is 0 Å². The highest BCUT2D eigenvalue weighted by atomic mass is 35.5. The van der Waals surface area contributed by atoms with E-state index < -0.39 is 6.03 Å². The monoisotopic (exact) mass is 253 g/mol. The molecule has 0 radical (unpaired) electrons. The Kier molecular flexibility index (Phi) is 4.61. The fraction of sp³-hybridized carbons (Fsp3) is 0.273. The minimum atomic E-state index is -0.466. The fourth-order valence-corrected chi connectivity index (χ4v) is 1.37. The Bertz CT molecular complexity index is 469. The van der Waals surface area contributed by atoms with Gasteiger partial charge in [0.15, 0.2) is 0 Å². The molecule has 0 heterocycles. The van der Waals surface area contributed by atoms with Crippen LogP contribution in [0.3, 0.4) is 0 Å². The highest BCUT2D eigenvalue weighted by Gasteiger charge is 2.09. The molecule has 0 spiro atoms. The standard InChI is InChI=1S/C11H12ClN3O2/c1-7-5-9(10(17-2)6-8(7)12)15-11(16)14-4-3-13/h5-6H,4H2,1-2H3,(H2,14,15,16). The quantitative estimate of drug-likeness (QED) is 0.812. The molecule has 0 bridgehead atoms. The average molecular weight is 254 g/mol. The number of ether oxygens (including phenoxy) is 1. The van der Waals surface area contributed by atoms with Crippen molar-refractivity contribution in [3.63, 3.8) is 0 Å². The van der Waals surface area contributed by atoms with E-state index >= 15 is 0 Å². The number of hydrogen-bond acceptors (Lipinski definition) is 3. The second-order valence-electron chi connectivity index (χ2n) is 3.27. The Labute approximate surface area is 104 Å². The summed E-state index contributed by atoms with van der Waals surface area (Å²) in [5.41, 5.74) is 1.33. The Morgan fingerprint density at radius 2 is 2.29 bits per heavy atom. The summed E-state index contributed by atoms with van der Waals surface area (Å²) in [6.45, 7) is 1.76. The minimum Gasteiger partial charge on any atom is -0.495 e. The van der Waals surface area contributed by atoms with E-state index in [1.807, 2.05) is 13.0 Å². The van der Waals surface area contributed by atoms with Gasteiger partial charge in [-0.25, -0.2) is 4.79 Å². The lowest BCUT2D eigenvalue weighted by Crippen LogP contribution is -2.29. The van der Waals surface area contributed by atoms with Gasteiger partial charge in [-0.2, -0.15) is 5.26 Å². The van der Waals surface area contributed by atoms with Gasteiger partial charge < -0.3 is 15.4 Å². The molecule has 0 unspecified atom stereocenters. The predicted molar refractivity (Wildman–Crippen MR) is 65.4 cm³/mol. The van der Waals surface area contributed by atoms with Gasteiger partial charge >= 0.3 is 6.03 Å². The first-order valence-corrected chi connectivity index (χ1v) is 5.22. The Hall–Kier alpha value is -1.93. The van der Waals surface area contributed by atoms with Gasteiger partial charge in [-0.05, 0) is 18.6 Å². The van der Waals surface area contributed by atoms with E-state index in [1.165, 1.54) is 7.11 Å². The van der Waals surface area contributed by atoms with Crippen LogP contribution in [0.1, 0.15) is 5.56 Å². The van der Waals surface area contributed by atoms with Crippen molar-refractivity contribution in [1.82, 2.24) is 5.32 Å². The van der Waals surface area contributed by atoms with Crippen molar-refractivity contribution in [2.45, 2.75) is 6.92 Å². The third-order valence-corrected chi connectivity index (χ3v) is 2.46. The summed E-state index contributed by atoms with van der Waals surface area (Å²) in [5.74, 6) is 0.465. The maximum atomic E-state index is 11.4. The van der Waals surface area contributed by atoms with Gasteiger partial charge in [0.25, 0.3) is 0 Å². The van der Waals surface area contributed by atoms with Gasteiger partial charge in [0, 0.05) is 11.1 Å². The number of carbonyl (C=O) groups is 1. The first-order valence-electron chi connectivity index (χ1n) is 4.84. The average Bonchev–Trinajstić information content (AvgIpc) is 2.31. The topological polar surface area (TPSA) is 74.2 Å². The van der Waals surface area contributed by atoms with Crippen LogP contribution in [0.4, 0.5) is 10.5 Å². The number of hydrogen-bond donors (Lipinski definition) is 2. The molecule has 2 amide bonds. The van der Waals surface area contributed by atoms with E-state index in [0.717, 1.165) is 5.56 Å². The number of aryl methyl sites for hydroxylation is 1. The van der Waals surface area contributed by atoms with Crippen molar-refractivity contribution in [1.29, 1.82) is 5.26 Å². The van der Waals surface area contributed by atoms with Crippen molar-refractivity contribution in [2.24, 2.45) is 0 Å². The van der Waals surface area contributed by atoms with E-state index in [9.17, 15) is 4.79 Å². The molecule has 0 atom stereocenters. The summed E-state index contributed by atoms with van der Waals surface area (Å²) < 4.78 is 5.09. The molecule has 2 N–H and O–H groups in total. The smallest absolute Gasteiger partial charge is 0.320 e. The first-order chi connectivity index (χ1) is 8.08. The SMILES string of the molecule is COc1cc(Cl)c(C)cc1NC(=O)NCC#N. The number of anilines is 1. The summed E-state index contributed by atoms with van der Waals surface area (Å²) in [7, 11) is 1.49. The number of nitriles is 1. The van der Waals surface area contributed by atoms with Crippen LogP contribution >= 0.6 is 11.6 Å². The molecule has 1 aromatic rings. The van der Waals surface area contributed by atoms with Gasteiger partial charge in [-0.1, -0.05) is 11.6 Å². The van der Waals surface area contributed by atoms with Crippen LogP contribution in [0.25, 0.3) is 0 Å². The first kappa shape index (κ1) is 13.1. The van der Waals surface area contributed by atoms with Crippen molar-refractivity contribution in [2.75, 3.05) is 19.0 Å². The molecular formula is C11H12ClN3O2. The summed E-state index contributed by atoms with van der Waals surface area (Å²) in [5, 5.41) is 13.8. The van der Waals surface area contributed by atoms with Crippen LogP contribution in [0, 0.1) is 18.3 Å². The highest BCUT2D eigenvalue weighted by molar-refractivity contribution is 6.31. The molecule has 1 rings (SSSR count). The normalized spacial score (nSPS) is 9.29. The van der Waals surface area contributed by atoms with Crippen molar-refractivity contribution >= 4 is 23.3 Å². The molecule has 5 nitrogen and oxygen atoms in total. The molecule has 0 aliphatic carbocycles. The fourth-order valence-electron chi connectivity index (χ4n) is 1.22. The zero-order valence-corrected chi connectivity index (χ0v) is 10.3. The third-order valence-electron chi connectivity index (χ3n) is 2.06. The lowest BCUT2D eigenvalue weighted by molar-refractivity contribution is 0.253. The van der Waals surface area contributed by atoms with E-state index in [-0.39, 0.29) is 6.54 Å². The van der Waals surface area contributed by atoms with Crippen LogP contribution < -0.4 is 15.4 Å². The zero-order chi connectivity index (χ0) is 12.8. The molecule has 0 saturated carbocycles. The lowest BCUT2D eigenvalue weighted by Gasteiger charge is -2.12. The van der Waals surface area contributed by atoms with Crippen molar-refractivity contribution in [3.8, 4) is 11.8 Å². The number of amides is 2. The lowest BCUT2D eigenvalue weighted by atomic mass is 10.2. The molecule has 0 fully saturated rings. The number of methoxy groups -OCH3 is 1. The van der Waals surface area contributed by atoms with Gasteiger partial charge in [0.05, 0.1) is 18.9 Å². The summed E-state index contributed by atoms with van der Waals surface area (Å²) in [4.78, 5) is 11.4. The number of carbonyl (C=O) groups excluding carboxylic acids is 1. The van der Waals surface area contributed by atoms with E-state index in [0.29, 0.717) is 16.5 Å². The third kappa shape index (κ3) is 3.54. The molecule has 6 heteroatoms.